The largest absolute Gasteiger partial charge is 0.482 e. The van der Waals surface area contributed by atoms with Gasteiger partial charge in [0.2, 0.25) is 5.75 Å². The van der Waals surface area contributed by atoms with Gasteiger partial charge < -0.3 is 20.3 Å². The highest BCUT2D eigenvalue weighted by molar-refractivity contribution is 5.66. The van der Waals surface area contributed by atoms with Crippen LogP contribution >= 0.6 is 0 Å². The van der Waals surface area contributed by atoms with Gasteiger partial charge in [0.1, 0.15) is 12.4 Å². The molecule has 2 N–H and O–H groups in total. The van der Waals surface area contributed by atoms with E-state index in [1.807, 2.05) is 14.0 Å². The summed E-state index contributed by atoms with van der Waals surface area (Å²) in [5, 5.41) is 6.59. The zero-order valence-corrected chi connectivity index (χ0v) is 10.8. The average molecular weight is 249 g/mol. The van der Waals surface area contributed by atoms with Crippen molar-refractivity contribution in [3.05, 3.63) is 6.33 Å². The highest BCUT2D eigenvalue weighted by Crippen LogP contribution is 2.36. The van der Waals surface area contributed by atoms with Crippen molar-refractivity contribution in [2.75, 3.05) is 36.9 Å². The van der Waals surface area contributed by atoms with Gasteiger partial charge in [-0.15, -0.1) is 0 Å². The minimum Gasteiger partial charge on any atom is -0.482 e. The second-order valence-electron chi connectivity index (χ2n) is 4.90. The fourth-order valence-corrected chi connectivity index (χ4v) is 2.50. The van der Waals surface area contributed by atoms with Gasteiger partial charge in [-0.1, -0.05) is 0 Å². The first kappa shape index (κ1) is 11.5. The quantitative estimate of drug-likeness (QED) is 0.794. The van der Waals surface area contributed by atoms with Crippen LogP contribution in [0.2, 0.25) is 0 Å². The molecule has 3 rings (SSSR count). The number of rotatable bonds is 2. The Kier molecular flexibility index (Phi) is 2.95. The van der Waals surface area contributed by atoms with Crippen LogP contribution in [0.3, 0.4) is 0 Å². The van der Waals surface area contributed by atoms with Gasteiger partial charge in [-0.05, 0) is 20.4 Å². The molecule has 6 heteroatoms. The molecule has 98 valence electrons. The normalized spacial score (nSPS) is 26.4. The van der Waals surface area contributed by atoms with Gasteiger partial charge in [-0.25, -0.2) is 9.97 Å². The van der Waals surface area contributed by atoms with Crippen molar-refractivity contribution < 1.29 is 4.74 Å². The Morgan fingerprint density at radius 1 is 1.50 bits per heavy atom. The summed E-state index contributed by atoms with van der Waals surface area (Å²) < 4.78 is 5.89. The Morgan fingerprint density at radius 2 is 2.39 bits per heavy atom. The summed E-state index contributed by atoms with van der Waals surface area (Å²) in [5.74, 6) is 2.52. The van der Waals surface area contributed by atoms with Crippen molar-refractivity contribution in [2.24, 2.45) is 0 Å². The Balaban J connectivity index is 1.88. The van der Waals surface area contributed by atoms with E-state index in [1.54, 1.807) is 6.33 Å². The van der Waals surface area contributed by atoms with E-state index < -0.39 is 0 Å². The van der Waals surface area contributed by atoms with Crippen LogP contribution < -0.4 is 20.3 Å². The number of hydrogen-bond acceptors (Lipinski definition) is 6. The van der Waals surface area contributed by atoms with E-state index in [2.05, 4.69) is 25.5 Å². The van der Waals surface area contributed by atoms with Crippen molar-refractivity contribution in [3.63, 3.8) is 0 Å². The molecule has 0 aromatic carbocycles. The molecular formula is C12H19N5O. The van der Waals surface area contributed by atoms with Crippen LogP contribution in [0.4, 0.5) is 11.6 Å². The van der Waals surface area contributed by atoms with E-state index >= 15 is 0 Å². The number of hydrogen-bond donors (Lipinski definition) is 2. The monoisotopic (exact) mass is 249 g/mol. The third-order valence-electron chi connectivity index (χ3n) is 3.56. The fraction of sp³-hybridized carbons (Fsp3) is 0.667. The second-order valence-corrected chi connectivity index (χ2v) is 4.90. The lowest BCUT2D eigenvalue weighted by Crippen LogP contribution is -2.33. The molecule has 18 heavy (non-hydrogen) atoms. The standard InChI is InChI=1S/C12H19N5O/c1-8-5-14-11-10(18-8)12(16-7-15-11)17-4-3-9(6-17)13-2/h7-9,13H,3-6H2,1-2H3,(H,14,15,16). The molecule has 2 aliphatic rings. The summed E-state index contributed by atoms with van der Waals surface area (Å²) in [6, 6.07) is 0.532. The number of aromatic nitrogens is 2. The van der Waals surface area contributed by atoms with Gasteiger partial charge in [-0.3, -0.25) is 0 Å². The van der Waals surface area contributed by atoms with Crippen LogP contribution in [0.1, 0.15) is 13.3 Å². The highest BCUT2D eigenvalue weighted by atomic mass is 16.5. The lowest BCUT2D eigenvalue weighted by Gasteiger charge is -2.28. The summed E-state index contributed by atoms with van der Waals surface area (Å²) in [6.07, 6.45) is 2.90. The molecule has 6 nitrogen and oxygen atoms in total. The molecular weight excluding hydrogens is 230 g/mol. The number of anilines is 2. The third kappa shape index (κ3) is 1.96. The maximum Gasteiger partial charge on any atom is 0.204 e. The first-order chi connectivity index (χ1) is 8.78. The average Bonchev–Trinajstić information content (AvgIpc) is 2.86. The first-order valence-corrected chi connectivity index (χ1v) is 6.45. The predicted molar refractivity (Wildman–Crippen MR) is 70.3 cm³/mol. The highest BCUT2D eigenvalue weighted by Gasteiger charge is 2.28. The topological polar surface area (TPSA) is 62.3 Å². The molecule has 0 saturated carbocycles. The summed E-state index contributed by atoms with van der Waals surface area (Å²) in [6.45, 7) is 4.82. The van der Waals surface area contributed by atoms with E-state index in [1.165, 1.54) is 0 Å². The Hall–Kier alpha value is -1.56. The van der Waals surface area contributed by atoms with Crippen molar-refractivity contribution in [3.8, 4) is 5.75 Å². The first-order valence-electron chi connectivity index (χ1n) is 6.45. The Bertz CT molecular complexity index is 438. The number of nitrogens with one attached hydrogen (secondary N) is 2. The molecule has 1 fully saturated rings. The van der Waals surface area contributed by atoms with Crippen molar-refractivity contribution in [1.82, 2.24) is 15.3 Å². The van der Waals surface area contributed by atoms with Crippen LogP contribution in [0.5, 0.6) is 5.75 Å². The molecule has 0 spiro atoms. The smallest absolute Gasteiger partial charge is 0.204 e. The minimum atomic E-state index is 0.157. The summed E-state index contributed by atoms with van der Waals surface area (Å²) in [4.78, 5) is 10.9. The predicted octanol–water partition coefficient (Wildman–Crippen LogP) is 0.467. The number of nitrogens with zero attached hydrogens (tertiary/aromatic N) is 3. The number of likely N-dealkylation sites (N-methyl/N-ethyl adjacent to an activating group) is 1. The van der Waals surface area contributed by atoms with Gasteiger partial charge in [0.25, 0.3) is 0 Å². The molecule has 0 bridgehead atoms. The lowest BCUT2D eigenvalue weighted by atomic mass is 10.3. The Morgan fingerprint density at radius 3 is 3.17 bits per heavy atom. The molecule has 2 aliphatic heterocycles. The zero-order valence-electron chi connectivity index (χ0n) is 10.8. The third-order valence-corrected chi connectivity index (χ3v) is 3.56. The van der Waals surface area contributed by atoms with E-state index in [4.69, 9.17) is 4.74 Å². The SMILES string of the molecule is CNC1CCN(c2ncnc3c2OC(C)CN3)C1. The van der Waals surface area contributed by atoms with Gasteiger partial charge in [0, 0.05) is 19.1 Å². The Labute approximate surface area is 107 Å². The van der Waals surface area contributed by atoms with E-state index in [-0.39, 0.29) is 6.10 Å². The minimum absolute atomic E-state index is 0.157. The molecule has 1 aromatic heterocycles. The van der Waals surface area contributed by atoms with Crippen molar-refractivity contribution in [2.45, 2.75) is 25.5 Å². The molecule has 0 radical (unpaired) electrons. The molecule has 3 heterocycles. The van der Waals surface area contributed by atoms with Gasteiger partial charge >= 0.3 is 0 Å². The van der Waals surface area contributed by atoms with Crippen LogP contribution in [0, 0.1) is 0 Å². The number of fused-ring (bicyclic) bond motifs is 1. The van der Waals surface area contributed by atoms with Gasteiger partial charge in [-0.2, -0.15) is 0 Å². The fourth-order valence-electron chi connectivity index (χ4n) is 2.50. The maximum atomic E-state index is 5.89. The van der Waals surface area contributed by atoms with E-state index in [0.717, 1.165) is 43.4 Å². The summed E-state index contributed by atoms with van der Waals surface area (Å²) in [7, 11) is 2.00. The molecule has 0 amide bonds. The molecule has 1 saturated heterocycles. The van der Waals surface area contributed by atoms with Gasteiger partial charge in [0.05, 0.1) is 6.54 Å². The van der Waals surface area contributed by atoms with Crippen molar-refractivity contribution in [1.29, 1.82) is 0 Å². The second kappa shape index (κ2) is 4.61. The lowest BCUT2D eigenvalue weighted by molar-refractivity contribution is 0.224. The van der Waals surface area contributed by atoms with E-state index in [9.17, 15) is 0 Å². The van der Waals surface area contributed by atoms with Gasteiger partial charge in [0.15, 0.2) is 11.6 Å². The van der Waals surface area contributed by atoms with Crippen LogP contribution in [0.25, 0.3) is 0 Å². The number of ether oxygens (including phenoxy) is 1. The molecule has 2 atom stereocenters. The van der Waals surface area contributed by atoms with Crippen LogP contribution in [-0.2, 0) is 0 Å². The van der Waals surface area contributed by atoms with Crippen LogP contribution in [-0.4, -0.2) is 48.8 Å². The van der Waals surface area contributed by atoms with Crippen LogP contribution in [0.15, 0.2) is 6.33 Å². The maximum absolute atomic E-state index is 5.89. The summed E-state index contributed by atoms with van der Waals surface area (Å²) in [5.41, 5.74) is 0. The van der Waals surface area contributed by atoms with E-state index in [0.29, 0.717) is 6.04 Å². The van der Waals surface area contributed by atoms with Crippen molar-refractivity contribution >= 4 is 11.6 Å². The molecule has 1 aromatic rings. The summed E-state index contributed by atoms with van der Waals surface area (Å²) >= 11 is 0. The molecule has 2 unspecified atom stereocenters. The molecule has 0 aliphatic carbocycles. The zero-order chi connectivity index (χ0) is 12.5.